The number of hydrogen-bond acceptors (Lipinski definition) is 3. The van der Waals surface area contributed by atoms with Crippen LogP contribution in [0.25, 0.3) is 0 Å². The number of piperidine rings is 1. The first-order valence-electron chi connectivity index (χ1n) is 9.92. The predicted molar refractivity (Wildman–Crippen MR) is 109 cm³/mol. The van der Waals surface area contributed by atoms with Gasteiger partial charge in [-0.15, -0.1) is 0 Å². The van der Waals surface area contributed by atoms with Crippen molar-refractivity contribution in [3.05, 3.63) is 65.7 Å². The molecule has 4 nitrogen and oxygen atoms in total. The quantitative estimate of drug-likeness (QED) is 0.778. The number of carbonyl (C=O) groups excluding carboxylic acids is 1. The Morgan fingerprint density at radius 2 is 1.93 bits per heavy atom. The molecule has 0 aliphatic carbocycles. The maximum absolute atomic E-state index is 12.5. The Balaban J connectivity index is 1.43. The highest BCUT2D eigenvalue weighted by atomic mass is 16.5. The molecule has 0 aromatic heterocycles. The number of nitrogens with one attached hydrogen (secondary N) is 1. The van der Waals surface area contributed by atoms with Crippen LogP contribution in [0.3, 0.4) is 0 Å². The molecule has 144 valence electrons. The standard InChI is InChI=1S/C23H30N2O2/c1-27-22-14-6-5-12-20(22)17-23(26)24-21-13-8-16-25(18-21)15-7-11-19-9-3-2-4-10-19/h2-6,9-10,12,14,21H,7-8,11,13,15-18H2,1H3,(H,24,26)/t21-/m0/s1. The molecule has 4 heteroatoms. The maximum atomic E-state index is 12.5. The molecular formula is C23H30N2O2. The lowest BCUT2D eigenvalue weighted by molar-refractivity contribution is -0.121. The molecule has 1 fully saturated rings. The van der Waals surface area contributed by atoms with Gasteiger partial charge in [0.2, 0.25) is 5.91 Å². The average Bonchev–Trinajstić information content (AvgIpc) is 2.69. The number of ether oxygens (including phenoxy) is 1. The molecule has 0 radical (unpaired) electrons. The van der Waals surface area contributed by atoms with Crippen LogP contribution in [-0.2, 0) is 17.6 Å². The lowest BCUT2D eigenvalue weighted by Gasteiger charge is -2.33. The molecular weight excluding hydrogens is 336 g/mol. The minimum atomic E-state index is 0.0793. The van der Waals surface area contributed by atoms with Crippen molar-refractivity contribution in [1.82, 2.24) is 10.2 Å². The third kappa shape index (κ3) is 6.10. The number of hydrogen-bond donors (Lipinski definition) is 1. The van der Waals surface area contributed by atoms with E-state index in [2.05, 4.69) is 40.5 Å². The van der Waals surface area contributed by atoms with Crippen molar-refractivity contribution < 1.29 is 9.53 Å². The van der Waals surface area contributed by atoms with E-state index in [1.165, 1.54) is 5.56 Å². The molecule has 1 aliphatic rings. The number of amides is 1. The molecule has 1 saturated heterocycles. The summed E-state index contributed by atoms with van der Waals surface area (Å²) in [4.78, 5) is 15.0. The zero-order chi connectivity index (χ0) is 18.9. The van der Waals surface area contributed by atoms with Crippen LogP contribution in [0.2, 0.25) is 0 Å². The second-order valence-corrected chi connectivity index (χ2v) is 7.29. The summed E-state index contributed by atoms with van der Waals surface area (Å²) in [5.41, 5.74) is 2.34. The molecule has 3 rings (SSSR count). The predicted octanol–water partition coefficient (Wildman–Crippen LogP) is 3.45. The van der Waals surface area contributed by atoms with Crippen LogP contribution >= 0.6 is 0 Å². The summed E-state index contributed by atoms with van der Waals surface area (Å²) in [6.45, 7) is 3.17. The monoisotopic (exact) mass is 366 g/mol. The Bertz CT molecular complexity index is 717. The van der Waals surface area contributed by atoms with Gasteiger partial charge in [-0.05, 0) is 50.4 Å². The maximum Gasteiger partial charge on any atom is 0.224 e. The summed E-state index contributed by atoms with van der Waals surface area (Å²) in [6.07, 6.45) is 4.85. The third-order valence-electron chi connectivity index (χ3n) is 5.20. The largest absolute Gasteiger partial charge is 0.496 e. The molecule has 2 aromatic rings. The number of aryl methyl sites for hydroxylation is 1. The SMILES string of the molecule is COc1ccccc1CC(=O)N[C@H]1CCCN(CCCc2ccccc2)C1. The van der Waals surface area contributed by atoms with Gasteiger partial charge in [-0.1, -0.05) is 48.5 Å². The minimum absolute atomic E-state index is 0.0793. The summed E-state index contributed by atoms with van der Waals surface area (Å²) in [6, 6.07) is 18.6. The van der Waals surface area contributed by atoms with E-state index in [0.717, 1.165) is 56.6 Å². The number of para-hydroxylation sites is 1. The normalized spacial score (nSPS) is 17.4. The minimum Gasteiger partial charge on any atom is -0.496 e. The number of benzene rings is 2. The van der Waals surface area contributed by atoms with E-state index in [1.807, 2.05) is 24.3 Å². The Hall–Kier alpha value is -2.33. The van der Waals surface area contributed by atoms with E-state index in [9.17, 15) is 4.79 Å². The van der Waals surface area contributed by atoms with Crippen molar-refractivity contribution in [2.75, 3.05) is 26.7 Å². The fraction of sp³-hybridized carbons (Fsp3) is 0.435. The first kappa shape index (κ1) is 19.4. The summed E-state index contributed by atoms with van der Waals surface area (Å²) in [5, 5.41) is 3.22. The number of likely N-dealkylation sites (tertiary alicyclic amines) is 1. The van der Waals surface area contributed by atoms with Gasteiger partial charge in [0.15, 0.2) is 0 Å². The molecule has 1 atom stereocenters. The second-order valence-electron chi connectivity index (χ2n) is 7.29. The van der Waals surface area contributed by atoms with Crippen LogP contribution in [0.4, 0.5) is 0 Å². The third-order valence-corrected chi connectivity index (χ3v) is 5.20. The molecule has 2 aromatic carbocycles. The molecule has 0 spiro atoms. The van der Waals surface area contributed by atoms with E-state index in [4.69, 9.17) is 4.74 Å². The molecule has 0 unspecified atom stereocenters. The van der Waals surface area contributed by atoms with Crippen LogP contribution in [0, 0.1) is 0 Å². The van der Waals surface area contributed by atoms with Gasteiger partial charge in [-0.3, -0.25) is 4.79 Å². The van der Waals surface area contributed by atoms with Crippen LogP contribution < -0.4 is 10.1 Å². The van der Waals surface area contributed by atoms with Crippen LogP contribution in [0.1, 0.15) is 30.4 Å². The second kappa shape index (κ2) is 10.1. The van der Waals surface area contributed by atoms with Gasteiger partial charge in [-0.2, -0.15) is 0 Å². The van der Waals surface area contributed by atoms with Crippen molar-refractivity contribution in [2.24, 2.45) is 0 Å². The van der Waals surface area contributed by atoms with Gasteiger partial charge in [0.1, 0.15) is 5.75 Å². The van der Waals surface area contributed by atoms with Crippen LogP contribution in [0.15, 0.2) is 54.6 Å². The average molecular weight is 367 g/mol. The molecule has 1 aliphatic heterocycles. The molecule has 0 saturated carbocycles. The molecule has 1 heterocycles. The Kier molecular flexibility index (Phi) is 7.28. The summed E-state index contributed by atoms with van der Waals surface area (Å²) < 4.78 is 5.35. The summed E-state index contributed by atoms with van der Waals surface area (Å²) >= 11 is 0. The lowest BCUT2D eigenvalue weighted by atomic mass is 10.0. The first-order chi connectivity index (χ1) is 13.2. The molecule has 27 heavy (non-hydrogen) atoms. The van der Waals surface area contributed by atoms with E-state index in [-0.39, 0.29) is 11.9 Å². The van der Waals surface area contributed by atoms with Gasteiger partial charge in [0.25, 0.3) is 0 Å². The zero-order valence-corrected chi connectivity index (χ0v) is 16.2. The number of rotatable bonds is 8. The van der Waals surface area contributed by atoms with Crippen molar-refractivity contribution in [3.8, 4) is 5.75 Å². The Morgan fingerprint density at radius 1 is 1.15 bits per heavy atom. The van der Waals surface area contributed by atoms with Gasteiger partial charge in [-0.25, -0.2) is 0 Å². The number of carbonyl (C=O) groups is 1. The van der Waals surface area contributed by atoms with Crippen molar-refractivity contribution >= 4 is 5.91 Å². The van der Waals surface area contributed by atoms with Crippen LogP contribution in [-0.4, -0.2) is 43.6 Å². The van der Waals surface area contributed by atoms with Crippen LogP contribution in [0.5, 0.6) is 5.75 Å². The first-order valence-corrected chi connectivity index (χ1v) is 9.92. The van der Waals surface area contributed by atoms with Gasteiger partial charge >= 0.3 is 0 Å². The fourth-order valence-electron chi connectivity index (χ4n) is 3.83. The molecule has 0 bridgehead atoms. The summed E-state index contributed by atoms with van der Waals surface area (Å²) in [7, 11) is 1.64. The van der Waals surface area contributed by atoms with Crippen molar-refractivity contribution in [2.45, 2.75) is 38.1 Å². The van der Waals surface area contributed by atoms with Crippen molar-refractivity contribution in [1.29, 1.82) is 0 Å². The van der Waals surface area contributed by atoms with Crippen molar-refractivity contribution in [3.63, 3.8) is 0 Å². The van der Waals surface area contributed by atoms with E-state index in [1.54, 1.807) is 7.11 Å². The zero-order valence-electron chi connectivity index (χ0n) is 16.2. The Morgan fingerprint density at radius 3 is 2.74 bits per heavy atom. The van der Waals surface area contributed by atoms with Gasteiger partial charge < -0.3 is 15.0 Å². The molecule has 1 amide bonds. The van der Waals surface area contributed by atoms with E-state index < -0.39 is 0 Å². The van der Waals surface area contributed by atoms with E-state index >= 15 is 0 Å². The van der Waals surface area contributed by atoms with Gasteiger partial charge in [0.05, 0.1) is 13.5 Å². The fourth-order valence-corrected chi connectivity index (χ4v) is 3.83. The lowest BCUT2D eigenvalue weighted by Crippen LogP contribution is -2.48. The highest BCUT2D eigenvalue weighted by Gasteiger charge is 2.21. The Labute approximate surface area is 162 Å². The smallest absolute Gasteiger partial charge is 0.224 e. The summed E-state index contributed by atoms with van der Waals surface area (Å²) in [5.74, 6) is 0.856. The molecule has 1 N–H and O–H groups in total. The number of nitrogens with zero attached hydrogens (tertiary/aromatic N) is 1. The number of methoxy groups -OCH3 is 1. The highest BCUT2D eigenvalue weighted by Crippen LogP contribution is 2.18. The van der Waals surface area contributed by atoms with Gasteiger partial charge in [0, 0.05) is 18.2 Å². The topological polar surface area (TPSA) is 41.6 Å². The highest BCUT2D eigenvalue weighted by molar-refractivity contribution is 5.79. The van der Waals surface area contributed by atoms with E-state index in [0.29, 0.717) is 6.42 Å².